The number of alkyl halides is 1. The van der Waals surface area contributed by atoms with Gasteiger partial charge in [-0.2, -0.15) is 0 Å². The summed E-state index contributed by atoms with van der Waals surface area (Å²) in [6.45, 7) is 6.21. The average molecular weight is 222 g/mol. The lowest BCUT2D eigenvalue weighted by atomic mass is 10.0. The standard InChI is InChI=1S/C11H24ClNO/c1-4-5-11(6-7-12)8-13-10(2)9-14-3/h10-11,13H,4-9H2,1-3H3. The molecule has 0 spiro atoms. The van der Waals surface area contributed by atoms with Gasteiger partial charge in [0.15, 0.2) is 0 Å². The summed E-state index contributed by atoms with van der Waals surface area (Å²) in [5.74, 6) is 1.49. The van der Waals surface area contributed by atoms with Crippen molar-refractivity contribution >= 4 is 11.6 Å². The van der Waals surface area contributed by atoms with Crippen molar-refractivity contribution in [3.05, 3.63) is 0 Å². The maximum atomic E-state index is 5.76. The molecule has 2 nitrogen and oxygen atoms in total. The molecule has 3 heteroatoms. The number of hydrogen-bond acceptors (Lipinski definition) is 2. The van der Waals surface area contributed by atoms with E-state index in [9.17, 15) is 0 Å². The molecule has 0 fully saturated rings. The molecule has 0 heterocycles. The second kappa shape index (κ2) is 9.75. The monoisotopic (exact) mass is 221 g/mol. The lowest BCUT2D eigenvalue weighted by molar-refractivity contribution is 0.169. The number of hydrogen-bond donors (Lipinski definition) is 1. The molecule has 0 aromatic carbocycles. The molecule has 0 aliphatic carbocycles. The Labute approximate surface area is 93.4 Å². The van der Waals surface area contributed by atoms with Gasteiger partial charge in [0.1, 0.15) is 0 Å². The molecule has 0 radical (unpaired) electrons. The molecule has 0 bridgehead atoms. The molecule has 0 rings (SSSR count). The number of ether oxygens (including phenoxy) is 1. The van der Waals surface area contributed by atoms with Gasteiger partial charge in [-0.05, 0) is 32.2 Å². The predicted octanol–water partition coefficient (Wildman–Crippen LogP) is 2.66. The fourth-order valence-corrected chi connectivity index (χ4v) is 1.90. The van der Waals surface area contributed by atoms with Crippen molar-refractivity contribution in [3.8, 4) is 0 Å². The van der Waals surface area contributed by atoms with E-state index < -0.39 is 0 Å². The van der Waals surface area contributed by atoms with Crippen LogP contribution in [-0.4, -0.2) is 32.2 Å². The van der Waals surface area contributed by atoms with E-state index in [-0.39, 0.29) is 0 Å². The minimum absolute atomic E-state index is 0.440. The minimum atomic E-state index is 0.440. The summed E-state index contributed by atoms with van der Waals surface area (Å²) < 4.78 is 5.07. The fourth-order valence-electron chi connectivity index (χ4n) is 1.59. The third-order valence-electron chi connectivity index (χ3n) is 2.39. The first-order chi connectivity index (χ1) is 6.74. The first-order valence-corrected chi connectivity index (χ1v) is 6.06. The van der Waals surface area contributed by atoms with E-state index in [2.05, 4.69) is 19.2 Å². The van der Waals surface area contributed by atoms with Crippen LogP contribution in [0, 0.1) is 5.92 Å². The summed E-state index contributed by atoms with van der Waals surface area (Å²) in [6, 6.07) is 0.440. The highest BCUT2D eigenvalue weighted by atomic mass is 35.5. The Kier molecular flexibility index (Phi) is 9.90. The predicted molar refractivity (Wildman–Crippen MR) is 63.1 cm³/mol. The van der Waals surface area contributed by atoms with Crippen LogP contribution >= 0.6 is 11.6 Å². The van der Waals surface area contributed by atoms with Gasteiger partial charge in [-0.3, -0.25) is 0 Å². The second-order valence-electron chi connectivity index (χ2n) is 3.90. The van der Waals surface area contributed by atoms with Crippen LogP contribution in [0.3, 0.4) is 0 Å². The summed E-state index contributed by atoms with van der Waals surface area (Å²) in [4.78, 5) is 0. The summed E-state index contributed by atoms with van der Waals surface area (Å²) in [7, 11) is 1.74. The van der Waals surface area contributed by atoms with Crippen molar-refractivity contribution in [3.63, 3.8) is 0 Å². The molecule has 0 aliphatic heterocycles. The van der Waals surface area contributed by atoms with Gasteiger partial charge in [-0.1, -0.05) is 13.3 Å². The van der Waals surface area contributed by atoms with Crippen molar-refractivity contribution in [2.24, 2.45) is 5.92 Å². The molecule has 0 saturated carbocycles. The zero-order chi connectivity index (χ0) is 10.8. The van der Waals surface area contributed by atoms with Crippen LogP contribution in [0.5, 0.6) is 0 Å². The van der Waals surface area contributed by atoms with Gasteiger partial charge >= 0.3 is 0 Å². The zero-order valence-corrected chi connectivity index (χ0v) is 10.4. The Bertz CT molecular complexity index is 116. The lowest BCUT2D eigenvalue weighted by Gasteiger charge is -2.19. The van der Waals surface area contributed by atoms with E-state index in [4.69, 9.17) is 16.3 Å². The van der Waals surface area contributed by atoms with Crippen LogP contribution in [0.15, 0.2) is 0 Å². The van der Waals surface area contributed by atoms with Gasteiger partial charge in [-0.25, -0.2) is 0 Å². The number of rotatable bonds is 9. The van der Waals surface area contributed by atoms with Crippen LogP contribution in [0.4, 0.5) is 0 Å². The van der Waals surface area contributed by atoms with Crippen LogP contribution in [0.2, 0.25) is 0 Å². The molecule has 0 aromatic heterocycles. The first-order valence-electron chi connectivity index (χ1n) is 5.52. The molecule has 2 atom stereocenters. The summed E-state index contributed by atoms with van der Waals surface area (Å²) >= 11 is 5.76. The fraction of sp³-hybridized carbons (Fsp3) is 1.00. The SMILES string of the molecule is CCCC(CCCl)CNC(C)COC. The summed E-state index contributed by atoms with van der Waals surface area (Å²) in [6.07, 6.45) is 3.61. The first kappa shape index (κ1) is 14.2. The van der Waals surface area contributed by atoms with E-state index >= 15 is 0 Å². The van der Waals surface area contributed by atoms with E-state index in [0.717, 1.165) is 31.4 Å². The molecule has 0 aromatic rings. The lowest BCUT2D eigenvalue weighted by Crippen LogP contribution is -2.34. The Hall–Kier alpha value is 0.210. The zero-order valence-electron chi connectivity index (χ0n) is 9.68. The molecule has 0 amide bonds. The normalized spacial score (nSPS) is 15.4. The number of nitrogens with one attached hydrogen (secondary N) is 1. The third kappa shape index (κ3) is 7.60. The van der Waals surface area contributed by atoms with Crippen LogP contribution < -0.4 is 5.32 Å². The van der Waals surface area contributed by atoms with E-state index in [1.54, 1.807) is 7.11 Å². The Morgan fingerprint density at radius 2 is 2.07 bits per heavy atom. The molecular weight excluding hydrogens is 198 g/mol. The van der Waals surface area contributed by atoms with Crippen molar-refractivity contribution in [1.82, 2.24) is 5.32 Å². The Morgan fingerprint density at radius 1 is 1.36 bits per heavy atom. The van der Waals surface area contributed by atoms with E-state index in [1.165, 1.54) is 12.8 Å². The van der Waals surface area contributed by atoms with Crippen LogP contribution in [0.1, 0.15) is 33.1 Å². The number of methoxy groups -OCH3 is 1. The maximum absolute atomic E-state index is 5.76. The van der Waals surface area contributed by atoms with Gasteiger partial charge in [-0.15, -0.1) is 11.6 Å². The minimum Gasteiger partial charge on any atom is -0.383 e. The van der Waals surface area contributed by atoms with Gasteiger partial charge < -0.3 is 10.1 Å². The van der Waals surface area contributed by atoms with Crippen molar-refractivity contribution < 1.29 is 4.74 Å². The van der Waals surface area contributed by atoms with Gasteiger partial charge in [0, 0.05) is 19.0 Å². The highest BCUT2D eigenvalue weighted by Crippen LogP contribution is 2.11. The quantitative estimate of drug-likeness (QED) is 0.605. The number of halogens is 1. The molecular formula is C11H24ClNO. The van der Waals surface area contributed by atoms with Crippen molar-refractivity contribution in [2.75, 3.05) is 26.1 Å². The van der Waals surface area contributed by atoms with Gasteiger partial charge in [0.25, 0.3) is 0 Å². The smallest absolute Gasteiger partial charge is 0.0613 e. The highest BCUT2D eigenvalue weighted by Gasteiger charge is 2.08. The highest BCUT2D eigenvalue weighted by molar-refractivity contribution is 6.17. The topological polar surface area (TPSA) is 21.3 Å². The molecule has 1 N–H and O–H groups in total. The summed E-state index contributed by atoms with van der Waals surface area (Å²) in [5.41, 5.74) is 0. The third-order valence-corrected chi connectivity index (χ3v) is 2.60. The summed E-state index contributed by atoms with van der Waals surface area (Å²) in [5, 5.41) is 3.47. The Morgan fingerprint density at radius 3 is 2.57 bits per heavy atom. The second-order valence-corrected chi connectivity index (χ2v) is 4.27. The van der Waals surface area contributed by atoms with Crippen molar-refractivity contribution in [2.45, 2.75) is 39.2 Å². The van der Waals surface area contributed by atoms with E-state index in [0.29, 0.717) is 6.04 Å². The molecule has 86 valence electrons. The largest absolute Gasteiger partial charge is 0.383 e. The van der Waals surface area contributed by atoms with Crippen LogP contribution in [0.25, 0.3) is 0 Å². The van der Waals surface area contributed by atoms with Crippen molar-refractivity contribution in [1.29, 1.82) is 0 Å². The molecule has 14 heavy (non-hydrogen) atoms. The Balaban J connectivity index is 3.57. The van der Waals surface area contributed by atoms with Crippen LogP contribution in [-0.2, 0) is 4.74 Å². The molecule has 0 aliphatic rings. The van der Waals surface area contributed by atoms with Gasteiger partial charge in [0.05, 0.1) is 6.61 Å². The van der Waals surface area contributed by atoms with E-state index in [1.807, 2.05) is 0 Å². The average Bonchev–Trinajstić information content (AvgIpc) is 2.15. The molecule has 2 unspecified atom stereocenters. The maximum Gasteiger partial charge on any atom is 0.0613 e. The van der Waals surface area contributed by atoms with Gasteiger partial charge in [0.2, 0.25) is 0 Å². The molecule has 0 saturated heterocycles.